The molecule has 0 aliphatic heterocycles. The van der Waals surface area contributed by atoms with Gasteiger partial charge < -0.3 is 0 Å². The molecule has 0 radical (unpaired) electrons. The second-order valence-electron chi connectivity index (χ2n) is 7.49. The van der Waals surface area contributed by atoms with Gasteiger partial charge in [0.1, 0.15) is 0 Å². The molecule has 0 amide bonds. The van der Waals surface area contributed by atoms with Crippen LogP contribution in [0.3, 0.4) is 0 Å². The number of nitrogens with zero attached hydrogens (tertiary/aromatic N) is 1. The summed E-state index contributed by atoms with van der Waals surface area (Å²) in [5.74, 6) is 1.01. The fourth-order valence-electron chi connectivity index (χ4n) is 1.99. The van der Waals surface area contributed by atoms with Gasteiger partial charge in [0.15, 0.2) is 0 Å². The third-order valence-electron chi connectivity index (χ3n) is 4.31. The van der Waals surface area contributed by atoms with Crippen molar-refractivity contribution >= 4 is 12.8 Å². The summed E-state index contributed by atoms with van der Waals surface area (Å²) in [7, 11) is 2.34. The Morgan fingerprint density at radius 3 is 1.86 bits per heavy atom. The molecule has 1 rings (SSSR count). The molecule has 0 unspecified atom stereocenters. The number of rotatable bonds is 4. The maximum absolute atomic E-state index is 6.43. The van der Waals surface area contributed by atoms with Crippen LogP contribution in [0, 0.1) is 13.8 Å². The predicted octanol–water partition coefficient (Wildman–Crippen LogP) is 4.27. The van der Waals surface area contributed by atoms with Crippen molar-refractivity contribution in [2.75, 3.05) is 14.1 Å². The Morgan fingerprint density at radius 1 is 1.10 bits per heavy atom. The zero-order valence-electron chi connectivity index (χ0n) is 14.9. The van der Waals surface area contributed by atoms with Crippen molar-refractivity contribution in [3.8, 4) is 5.75 Å². The van der Waals surface area contributed by atoms with Crippen LogP contribution in [-0.2, 0) is 15.9 Å². The minimum atomic E-state index is -1.78. The fourth-order valence-corrected chi connectivity index (χ4v) is 3.51. The molecule has 0 N–H and O–H groups in total. The van der Waals surface area contributed by atoms with Gasteiger partial charge in [0, 0.05) is 0 Å². The molecular weight excluding hydrogens is 314 g/mol. The molecule has 4 heteroatoms. The standard InChI is InChI=1S/C17H29NOSi.Cr/c1-13-10-15(19-20(8,9)17(3,4)5)11-14(2)16(13)12-18(6)7;/h10-11H,1-9H3;. The van der Waals surface area contributed by atoms with Crippen LogP contribution in [0.25, 0.3) is 0 Å². The van der Waals surface area contributed by atoms with Gasteiger partial charge in [-0.3, -0.25) is 0 Å². The van der Waals surface area contributed by atoms with E-state index in [2.05, 4.69) is 94.7 Å². The molecule has 2 nitrogen and oxygen atoms in total. The summed E-state index contributed by atoms with van der Waals surface area (Å²) in [6.07, 6.45) is 0. The first-order valence-corrected chi connectivity index (χ1v) is 10.9. The molecule has 21 heavy (non-hydrogen) atoms. The van der Waals surface area contributed by atoms with E-state index in [1.807, 2.05) is 0 Å². The zero-order valence-corrected chi connectivity index (χ0v) is 17.2. The van der Waals surface area contributed by atoms with Crippen molar-refractivity contribution in [3.63, 3.8) is 0 Å². The van der Waals surface area contributed by atoms with Gasteiger partial charge in [-0.2, -0.15) is 0 Å². The molecule has 0 saturated carbocycles. The molecule has 0 spiro atoms. The van der Waals surface area contributed by atoms with Gasteiger partial charge >= 0.3 is 139 Å². The average Bonchev–Trinajstić information content (AvgIpc) is 2.25. The Hall–Kier alpha value is -0.401. The molecule has 118 valence electrons. The van der Waals surface area contributed by atoms with Crippen LogP contribution in [0.15, 0.2) is 12.1 Å². The summed E-state index contributed by atoms with van der Waals surface area (Å²) >= 11 is 3.18. The van der Waals surface area contributed by atoms with Crippen molar-refractivity contribution in [2.24, 2.45) is 0 Å². The van der Waals surface area contributed by atoms with Crippen molar-refractivity contribution in [2.45, 2.75) is 52.8 Å². The first-order chi connectivity index (χ1) is 9.36. The van der Waals surface area contributed by atoms with Crippen LogP contribution in [0.2, 0.25) is 18.1 Å². The van der Waals surface area contributed by atoms with Gasteiger partial charge in [-0.05, 0) is 0 Å². The molecule has 0 aromatic heterocycles. The second kappa shape index (κ2) is 6.38. The van der Waals surface area contributed by atoms with Crippen molar-refractivity contribution in [1.82, 2.24) is 4.90 Å². The van der Waals surface area contributed by atoms with Crippen molar-refractivity contribution in [3.05, 3.63) is 28.8 Å². The van der Waals surface area contributed by atoms with Crippen LogP contribution >= 0.6 is 0 Å². The van der Waals surface area contributed by atoms with E-state index in [1.165, 1.54) is 21.2 Å². The van der Waals surface area contributed by atoms with E-state index >= 15 is 0 Å². The van der Waals surface area contributed by atoms with Gasteiger partial charge in [0.25, 0.3) is 0 Å². The topological polar surface area (TPSA) is 12.5 Å². The second-order valence-corrected chi connectivity index (χ2v) is 12.8. The summed E-state index contributed by atoms with van der Waals surface area (Å²) in [4.78, 5) is 2.11. The van der Waals surface area contributed by atoms with Crippen LogP contribution in [-0.4, -0.2) is 31.8 Å². The zero-order chi connectivity index (χ0) is 16.6. The third-order valence-corrected chi connectivity index (χ3v) is 9.55. The van der Waals surface area contributed by atoms with Crippen LogP contribution in [0.5, 0.6) is 5.75 Å². The van der Waals surface area contributed by atoms with Crippen LogP contribution < -0.4 is 4.43 Å². The Morgan fingerprint density at radius 2 is 1.52 bits per heavy atom. The van der Waals surface area contributed by atoms with Gasteiger partial charge in [-0.25, -0.2) is 0 Å². The summed E-state index contributed by atoms with van der Waals surface area (Å²) in [5.41, 5.74) is 3.79. The SMILES string of the molecule is Cc1cc(O[Si](C)(C)C(C)(C)C)cc(C)c1[C](=[Cr])N(C)C. The van der Waals surface area contributed by atoms with E-state index in [4.69, 9.17) is 4.43 Å². The molecule has 1 aromatic rings. The van der Waals surface area contributed by atoms with Crippen LogP contribution in [0.4, 0.5) is 0 Å². The summed E-state index contributed by atoms with van der Waals surface area (Å²) in [6.45, 7) is 15.7. The predicted molar refractivity (Wildman–Crippen MR) is 91.5 cm³/mol. The van der Waals surface area contributed by atoms with Crippen LogP contribution in [0.1, 0.15) is 37.5 Å². The van der Waals surface area contributed by atoms with Gasteiger partial charge in [0.2, 0.25) is 0 Å². The Bertz CT molecular complexity index is 521. The monoisotopic (exact) mass is 343 g/mol. The maximum atomic E-state index is 6.43. The number of benzene rings is 1. The van der Waals surface area contributed by atoms with E-state index < -0.39 is 8.32 Å². The van der Waals surface area contributed by atoms with E-state index in [-0.39, 0.29) is 5.04 Å². The Labute approximate surface area is 139 Å². The molecule has 0 aliphatic rings. The van der Waals surface area contributed by atoms with Crippen molar-refractivity contribution < 1.29 is 20.3 Å². The molecule has 0 heterocycles. The summed E-state index contributed by atoms with van der Waals surface area (Å²) in [6, 6.07) is 4.34. The van der Waals surface area contributed by atoms with E-state index in [0.29, 0.717) is 0 Å². The molecular formula is C17H29CrNOSi. The van der Waals surface area contributed by atoms with Gasteiger partial charge in [-0.15, -0.1) is 0 Å². The molecule has 1 aromatic carbocycles. The minimum absolute atomic E-state index is 0.215. The molecule has 0 bridgehead atoms. The Kier molecular flexibility index (Phi) is 5.67. The average molecular weight is 344 g/mol. The molecule has 0 atom stereocenters. The third kappa shape index (κ3) is 4.29. The number of aryl methyl sites for hydroxylation is 2. The van der Waals surface area contributed by atoms with E-state index in [9.17, 15) is 0 Å². The summed E-state index contributed by atoms with van der Waals surface area (Å²) in [5, 5.41) is 0.215. The van der Waals surface area contributed by atoms with Gasteiger partial charge in [0.05, 0.1) is 0 Å². The fraction of sp³-hybridized carbons (Fsp3) is 0.588. The molecule has 0 fully saturated rings. The van der Waals surface area contributed by atoms with E-state index in [0.717, 1.165) is 5.75 Å². The quantitative estimate of drug-likeness (QED) is 0.757. The van der Waals surface area contributed by atoms with Crippen molar-refractivity contribution in [1.29, 1.82) is 0 Å². The summed E-state index contributed by atoms with van der Waals surface area (Å²) < 4.78 is 7.60. The molecule has 0 aliphatic carbocycles. The number of hydrogen-bond acceptors (Lipinski definition) is 2. The first-order valence-electron chi connectivity index (χ1n) is 7.39. The first kappa shape index (κ1) is 18.6. The Balaban J connectivity index is 3.19. The number of hydrogen-bond donors (Lipinski definition) is 0. The van der Waals surface area contributed by atoms with E-state index in [1.54, 1.807) is 0 Å². The molecule has 0 saturated heterocycles. The van der Waals surface area contributed by atoms with Gasteiger partial charge in [-0.1, -0.05) is 0 Å². The normalized spacial score (nSPS) is 12.7.